The van der Waals surface area contributed by atoms with Crippen LogP contribution in [0.5, 0.6) is 0 Å². The Balaban J connectivity index is 2.22. The quantitative estimate of drug-likeness (QED) is 0.486. The van der Waals surface area contributed by atoms with Gasteiger partial charge in [-0.15, -0.1) is 0 Å². The molecule has 0 atom stereocenters. The van der Waals surface area contributed by atoms with E-state index in [9.17, 15) is 13.2 Å². The Labute approximate surface area is 211 Å². The van der Waals surface area contributed by atoms with Gasteiger partial charge in [-0.3, -0.25) is 4.79 Å². The van der Waals surface area contributed by atoms with Crippen LogP contribution < -0.4 is 4.72 Å². The first-order valence-electron chi connectivity index (χ1n) is 12.7. The minimum Gasteiger partial charge on any atom is -0.480 e. The second-order valence-electron chi connectivity index (χ2n) is 12.1. The highest BCUT2D eigenvalue weighted by Crippen LogP contribution is 2.37. The van der Waals surface area contributed by atoms with Gasteiger partial charge in [-0.2, -0.15) is 4.72 Å². The van der Waals surface area contributed by atoms with Crippen LogP contribution in [-0.4, -0.2) is 30.6 Å². The summed E-state index contributed by atoms with van der Waals surface area (Å²) in [5, 5.41) is 9.03. The molecule has 0 unspecified atom stereocenters. The molecule has 1 saturated carbocycles. The highest BCUT2D eigenvalue weighted by atomic mass is 32.2. The van der Waals surface area contributed by atoms with Crippen molar-refractivity contribution >= 4 is 16.0 Å². The van der Waals surface area contributed by atoms with Gasteiger partial charge in [0.1, 0.15) is 11.4 Å². The van der Waals surface area contributed by atoms with E-state index < -0.39 is 22.5 Å². The van der Waals surface area contributed by atoms with Crippen molar-refractivity contribution in [2.45, 2.75) is 103 Å². The van der Waals surface area contributed by atoms with Gasteiger partial charge in [0.15, 0.2) is 0 Å². The third-order valence-corrected chi connectivity index (χ3v) is 8.67. The maximum atomic E-state index is 13.1. The number of rotatable bonds is 7. The van der Waals surface area contributed by atoms with Gasteiger partial charge in [-0.05, 0) is 71.4 Å². The first-order valence-corrected chi connectivity index (χ1v) is 14.2. The molecule has 194 valence electrons. The number of nitrogens with one attached hydrogen (secondary N) is 1. The molecule has 6 nitrogen and oxygen atoms in total. The Morgan fingerprint density at radius 1 is 0.971 bits per heavy atom. The standard InChI is InChI=1S/C28H42N2O4S/c1-19-25(35(33,34)29-17-26(31)32)16-24(30(19)18-20-11-9-8-10-12-20)21-13-22(27(2,3)4)15-23(14-21)28(5,6)7/h13-16,20,29H,8-12,17-18H2,1-7H3,(H,31,32). The number of aromatic nitrogens is 1. The molecule has 0 saturated heterocycles. The molecule has 7 heteroatoms. The minimum absolute atomic E-state index is 0.0657. The number of aliphatic carboxylic acids is 1. The summed E-state index contributed by atoms with van der Waals surface area (Å²) >= 11 is 0. The Morgan fingerprint density at radius 2 is 1.51 bits per heavy atom. The topological polar surface area (TPSA) is 88.4 Å². The molecule has 1 aliphatic rings. The number of sulfonamides is 1. The molecular weight excluding hydrogens is 460 g/mol. The van der Waals surface area contributed by atoms with E-state index >= 15 is 0 Å². The summed E-state index contributed by atoms with van der Waals surface area (Å²) in [6, 6.07) is 8.36. The Kier molecular flexibility index (Phi) is 7.92. The molecule has 1 heterocycles. The van der Waals surface area contributed by atoms with Gasteiger partial charge < -0.3 is 9.67 Å². The highest BCUT2D eigenvalue weighted by Gasteiger charge is 2.28. The monoisotopic (exact) mass is 502 g/mol. The summed E-state index contributed by atoms with van der Waals surface area (Å²) in [6.45, 7) is 15.1. The van der Waals surface area contributed by atoms with Gasteiger partial charge in [0, 0.05) is 17.9 Å². The lowest BCUT2D eigenvalue weighted by atomic mass is 9.79. The van der Waals surface area contributed by atoms with Crippen LogP contribution in [0.15, 0.2) is 29.2 Å². The second kappa shape index (κ2) is 10.1. The molecule has 0 radical (unpaired) electrons. The van der Waals surface area contributed by atoms with Crippen molar-refractivity contribution in [1.82, 2.24) is 9.29 Å². The van der Waals surface area contributed by atoms with Gasteiger partial charge in [-0.1, -0.05) is 66.9 Å². The summed E-state index contributed by atoms with van der Waals surface area (Å²) in [5.74, 6) is -0.704. The SMILES string of the molecule is Cc1c(S(=O)(=O)NCC(=O)O)cc(-c2cc(C(C)(C)C)cc(C(C)(C)C)c2)n1CC1CCCCC1. The van der Waals surface area contributed by atoms with Crippen LogP contribution in [0.25, 0.3) is 11.3 Å². The number of carboxylic acid groups (broad SMARTS) is 1. The summed E-state index contributed by atoms with van der Waals surface area (Å²) in [7, 11) is -3.97. The lowest BCUT2D eigenvalue weighted by Gasteiger charge is -2.27. The fourth-order valence-electron chi connectivity index (χ4n) is 4.87. The van der Waals surface area contributed by atoms with Crippen LogP contribution in [0.1, 0.15) is 90.5 Å². The molecule has 1 fully saturated rings. The molecule has 0 aliphatic heterocycles. The highest BCUT2D eigenvalue weighted by molar-refractivity contribution is 7.89. The number of hydrogen-bond acceptors (Lipinski definition) is 3. The molecule has 0 spiro atoms. The van der Waals surface area contributed by atoms with E-state index in [0.717, 1.165) is 30.6 Å². The zero-order chi connectivity index (χ0) is 26.2. The molecule has 2 N–H and O–H groups in total. The third-order valence-electron chi connectivity index (χ3n) is 7.15. The average Bonchev–Trinajstić information content (AvgIpc) is 3.08. The van der Waals surface area contributed by atoms with Crippen molar-refractivity contribution < 1.29 is 18.3 Å². The molecule has 35 heavy (non-hydrogen) atoms. The lowest BCUT2D eigenvalue weighted by molar-refractivity contribution is -0.135. The number of nitrogens with zero attached hydrogens (tertiary/aromatic N) is 1. The second-order valence-corrected chi connectivity index (χ2v) is 13.8. The Morgan fingerprint density at radius 3 is 2.00 bits per heavy atom. The number of hydrogen-bond donors (Lipinski definition) is 2. The molecule has 1 aromatic carbocycles. The fourth-order valence-corrected chi connectivity index (χ4v) is 6.11. The van der Waals surface area contributed by atoms with Gasteiger partial charge >= 0.3 is 5.97 Å². The van der Waals surface area contributed by atoms with Crippen molar-refractivity contribution in [1.29, 1.82) is 0 Å². The Hall–Kier alpha value is -2.12. The zero-order valence-corrected chi connectivity index (χ0v) is 23.2. The van der Waals surface area contributed by atoms with Crippen LogP contribution in [0.3, 0.4) is 0 Å². The van der Waals surface area contributed by atoms with Crippen molar-refractivity contribution in [2.75, 3.05) is 6.54 Å². The van der Waals surface area contributed by atoms with Crippen LogP contribution in [0, 0.1) is 12.8 Å². The predicted molar refractivity (Wildman–Crippen MR) is 141 cm³/mol. The van der Waals surface area contributed by atoms with Gasteiger partial charge in [-0.25, -0.2) is 8.42 Å². The van der Waals surface area contributed by atoms with Crippen molar-refractivity contribution in [3.05, 3.63) is 41.1 Å². The smallest absolute Gasteiger partial charge is 0.318 e. The molecule has 0 amide bonds. The van der Waals surface area contributed by atoms with E-state index in [1.807, 2.05) is 6.92 Å². The van der Waals surface area contributed by atoms with Gasteiger partial charge in [0.05, 0.1) is 0 Å². The summed E-state index contributed by atoms with van der Waals surface area (Å²) in [6.07, 6.45) is 5.96. The van der Waals surface area contributed by atoms with Crippen LogP contribution >= 0.6 is 0 Å². The average molecular weight is 503 g/mol. The molecule has 2 aromatic rings. The van der Waals surface area contributed by atoms with E-state index in [-0.39, 0.29) is 15.7 Å². The fraction of sp³-hybridized carbons (Fsp3) is 0.607. The maximum Gasteiger partial charge on any atom is 0.318 e. The van der Waals surface area contributed by atoms with Crippen molar-refractivity contribution in [3.8, 4) is 11.3 Å². The maximum absolute atomic E-state index is 13.1. The molecule has 1 aromatic heterocycles. The number of carbonyl (C=O) groups is 1. The molecule has 0 bridgehead atoms. The Bertz CT molecular complexity index is 1140. The molecular formula is C28H42N2O4S. The van der Waals surface area contributed by atoms with E-state index in [1.165, 1.54) is 30.4 Å². The normalized spacial score (nSPS) is 16.0. The van der Waals surface area contributed by atoms with E-state index in [1.54, 1.807) is 6.07 Å². The first kappa shape index (κ1) is 27.5. The van der Waals surface area contributed by atoms with E-state index in [0.29, 0.717) is 11.6 Å². The summed E-state index contributed by atoms with van der Waals surface area (Å²) in [4.78, 5) is 11.2. The minimum atomic E-state index is -3.97. The summed E-state index contributed by atoms with van der Waals surface area (Å²) in [5.41, 5.74) is 4.81. The van der Waals surface area contributed by atoms with E-state index in [2.05, 4.69) is 69.0 Å². The molecule has 3 rings (SSSR count). The largest absolute Gasteiger partial charge is 0.480 e. The first-order chi connectivity index (χ1) is 16.1. The van der Waals surface area contributed by atoms with Crippen LogP contribution in [0.2, 0.25) is 0 Å². The third kappa shape index (κ3) is 6.56. The number of benzene rings is 1. The van der Waals surface area contributed by atoms with Gasteiger partial charge in [0.25, 0.3) is 0 Å². The zero-order valence-electron chi connectivity index (χ0n) is 22.4. The van der Waals surface area contributed by atoms with Crippen LogP contribution in [-0.2, 0) is 32.2 Å². The lowest BCUT2D eigenvalue weighted by Crippen LogP contribution is -2.29. The number of carboxylic acids is 1. The van der Waals surface area contributed by atoms with Crippen molar-refractivity contribution in [3.63, 3.8) is 0 Å². The van der Waals surface area contributed by atoms with Crippen molar-refractivity contribution in [2.24, 2.45) is 5.92 Å². The molecule has 1 aliphatic carbocycles. The predicted octanol–water partition coefficient (Wildman–Crippen LogP) is 6.00. The summed E-state index contributed by atoms with van der Waals surface area (Å²) < 4.78 is 30.6. The van der Waals surface area contributed by atoms with E-state index in [4.69, 9.17) is 5.11 Å². The van der Waals surface area contributed by atoms with Gasteiger partial charge in [0.2, 0.25) is 10.0 Å². The van der Waals surface area contributed by atoms with Crippen LogP contribution in [0.4, 0.5) is 0 Å².